The summed E-state index contributed by atoms with van der Waals surface area (Å²) in [6.07, 6.45) is 7.35. The van der Waals surface area contributed by atoms with Crippen LogP contribution in [0.3, 0.4) is 0 Å². The molecule has 0 aromatic carbocycles. The molecular formula is C12H18Cl2. The fraction of sp³-hybridized carbons (Fsp3) is 0.500. The highest BCUT2D eigenvalue weighted by atomic mass is 35.5. The molecule has 2 heteroatoms. The lowest BCUT2D eigenvalue weighted by Crippen LogP contribution is -1.91. The van der Waals surface area contributed by atoms with Crippen LogP contribution in [0.25, 0.3) is 0 Å². The maximum atomic E-state index is 5.61. The molecule has 0 aromatic heterocycles. The van der Waals surface area contributed by atoms with Gasteiger partial charge in [-0.2, -0.15) is 0 Å². The van der Waals surface area contributed by atoms with Gasteiger partial charge in [-0.1, -0.05) is 60.9 Å². The van der Waals surface area contributed by atoms with E-state index in [1.807, 2.05) is 13.0 Å². The minimum Gasteiger partial charge on any atom is -0.0933 e. The third kappa shape index (κ3) is 6.28. The van der Waals surface area contributed by atoms with Crippen LogP contribution in [-0.4, -0.2) is 0 Å². The van der Waals surface area contributed by atoms with Crippen molar-refractivity contribution in [1.29, 1.82) is 0 Å². The zero-order valence-corrected chi connectivity index (χ0v) is 10.5. The predicted octanol–water partition coefficient (Wildman–Crippen LogP) is 5.10. The monoisotopic (exact) mass is 232 g/mol. The van der Waals surface area contributed by atoms with Crippen molar-refractivity contribution in [2.75, 3.05) is 0 Å². The predicted molar refractivity (Wildman–Crippen MR) is 66.7 cm³/mol. The third-order valence-corrected chi connectivity index (χ3v) is 2.71. The first-order valence-electron chi connectivity index (χ1n) is 4.82. The number of hydrogen-bond donors (Lipinski definition) is 0. The van der Waals surface area contributed by atoms with Crippen LogP contribution in [0, 0.1) is 11.8 Å². The smallest absolute Gasteiger partial charge is 0.00375 e. The van der Waals surface area contributed by atoms with Crippen molar-refractivity contribution in [2.24, 2.45) is 11.8 Å². The normalized spacial score (nSPS) is 17.9. The first-order valence-corrected chi connectivity index (χ1v) is 5.69. The summed E-state index contributed by atoms with van der Waals surface area (Å²) in [6, 6.07) is 0. The Labute approximate surface area is 97.3 Å². The molecule has 0 spiro atoms. The average molecular weight is 233 g/mol. The number of allylic oxidation sites excluding steroid dienone is 4. The van der Waals surface area contributed by atoms with E-state index in [0.29, 0.717) is 11.8 Å². The molecule has 0 nitrogen and oxygen atoms in total. The molecule has 0 saturated heterocycles. The Bertz CT molecular complexity index is 226. The summed E-state index contributed by atoms with van der Waals surface area (Å²) in [7, 11) is 0. The van der Waals surface area contributed by atoms with Crippen LogP contribution in [0.5, 0.6) is 0 Å². The van der Waals surface area contributed by atoms with Crippen molar-refractivity contribution in [3.05, 3.63) is 34.9 Å². The topological polar surface area (TPSA) is 0 Å². The fourth-order valence-electron chi connectivity index (χ4n) is 0.951. The van der Waals surface area contributed by atoms with Gasteiger partial charge in [-0.3, -0.25) is 0 Å². The molecule has 80 valence electrons. The molecule has 0 saturated carbocycles. The van der Waals surface area contributed by atoms with Crippen LogP contribution < -0.4 is 0 Å². The van der Waals surface area contributed by atoms with Crippen LogP contribution >= 0.6 is 23.2 Å². The van der Waals surface area contributed by atoms with Crippen molar-refractivity contribution in [3.8, 4) is 0 Å². The van der Waals surface area contributed by atoms with E-state index < -0.39 is 0 Å². The maximum absolute atomic E-state index is 5.61. The molecule has 0 N–H and O–H groups in total. The molecule has 2 atom stereocenters. The molecule has 2 unspecified atom stereocenters. The SMILES string of the molecule is C/C(=C\Cl)C(C)/C=C\CC(C)/C=C/Cl. The van der Waals surface area contributed by atoms with Crippen molar-refractivity contribution in [1.82, 2.24) is 0 Å². The van der Waals surface area contributed by atoms with Crippen molar-refractivity contribution in [3.63, 3.8) is 0 Å². The fourth-order valence-corrected chi connectivity index (χ4v) is 1.40. The lowest BCUT2D eigenvalue weighted by Gasteiger charge is -2.05. The molecule has 0 rings (SSSR count). The molecule has 0 radical (unpaired) electrons. The first kappa shape index (κ1) is 13.8. The average Bonchev–Trinajstić information content (AvgIpc) is 2.16. The van der Waals surface area contributed by atoms with Crippen molar-refractivity contribution in [2.45, 2.75) is 27.2 Å². The van der Waals surface area contributed by atoms with Gasteiger partial charge in [0.25, 0.3) is 0 Å². The minimum atomic E-state index is 0.416. The Morgan fingerprint density at radius 1 is 1.21 bits per heavy atom. The zero-order chi connectivity index (χ0) is 11.0. The lowest BCUT2D eigenvalue weighted by molar-refractivity contribution is 0.737. The van der Waals surface area contributed by atoms with Gasteiger partial charge in [0.1, 0.15) is 0 Å². The van der Waals surface area contributed by atoms with Crippen molar-refractivity contribution < 1.29 is 0 Å². The van der Waals surface area contributed by atoms with Gasteiger partial charge in [0.05, 0.1) is 0 Å². The molecule has 0 aliphatic heterocycles. The van der Waals surface area contributed by atoms with Crippen LogP contribution in [0.4, 0.5) is 0 Å². The highest BCUT2D eigenvalue weighted by molar-refractivity contribution is 6.25. The molecule has 0 fully saturated rings. The van der Waals surface area contributed by atoms with E-state index in [-0.39, 0.29) is 0 Å². The molecule has 0 aliphatic rings. The molecule has 0 bridgehead atoms. The lowest BCUT2D eigenvalue weighted by atomic mass is 10.0. The molecular weight excluding hydrogens is 215 g/mol. The largest absolute Gasteiger partial charge is 0.0933 e. The summed E-state index contributed by atoms with van der Waals surface area (Å²) in [6.45, 7) is 6.30. The second-order valence-corrected chi connectivity index (χ2v) is 4.07. The molecule has 14 heavy (non-hydrogen) atoms. The van der Waals surface area contributed by atoms with Crippen molar-refractivity contribution >= 4 is 23.2 Å². The van der Waals surface area contributed by atoms with E-state index >= 15 is 0 Å². The number of rotatable bonds is 5. The van der Waals surface area contributed by atoms with E-state index in [9.17, 15) is 0 Å². The van der Waals surface area contributed by atoms with Gasteiger partial charge >= 0.3 is 0 Å². The Hall–Kier alpha value is -0.200. The van der Waals surface area contributed by atoms with Crippen LogP contribution in [-0.2, 0) is 0 Å². The van der Waals surface area contributed by atoms with E-state index in [1.165, 1.54) is 5.57 Å². The second kappa shape index (κ2) is 8.14. The van der Waals surface area contributed by atoms with Gasteiger partial charge in [-0.05, 0) is 25.2 Å². The molecule has 0 aliphatic carbocycles. The third-order valence-electron chi connectivity index (χ3n) is 2.22. The number of halogens is 2. The summed E-state index contributed by atoms with van der Waals surface area (Å²) < 4.78 is 0. The van der Waals surface area contributed by atoms with Gasteiger partial charge in [0.2, 0.25) is 0 Å². The minimum absolute atomic E-state index is 0.416. The van der Waals surface area contributed by atoms with Gasteiger partial charge in [0.15, 0.2) is 0 Å². The molecule has 0 aromatic rings. The zero-order valence-electron chi connectivity index (χ0n) is 9.00. The van der Waals surface area contributed by atoms with Gasteiger partial charge < -0.3 is 0 Å². The van der Waals surface area contributed by atoms with Crippen LogP contribution in [0.15, 0.2) is 34.9 Å². The Balaban J connectivity index is 3.94. The second-order valence-electron chi connectivity index (χ2n) is 3.60. The van der Waals surface area contributed by atoms with E-state index in [0.717, 1.165) is 6.42 Å². The quantitative estimate of drug-likeness (QED) is 0.579. The van der Waals surface area contributed by atoms with E-state index in [1.54, 1.807) is 11.1 Å². The summed E-state index contributed by atoms with van der Waals surface area (Å²) in [5, 5.41) is 0. The van der Waals surface area contributed by atoms with Crippen LogP contribution in [0.2, 0.25) is 0 Å². The number of hydrogen-bond acceptors (Lipinski definition) is 0. The summed E-state index contributed by atoms with van der Waals surface area (Å²) in [5.41, 5.74) is 4.40. The summed E-state index contributed by atoms with van der Waals surface area (Å²) >= 11 is 11.1. The molecule has 0 heterocycles. The standard InChI is InChI=1S/C12H18Cl2/c1-10(7-8-13)5-4-6-11(2)12(3)9-14/h4,6-11H,5H2,1-3H3/b6-4-,8-7+,12-9+. The highest BCUT2D eigenvalue weighted by Gasteiger charge is 1.98. The summed E-state index contributed by atoms with van der Waals surface area (Å²) in [5.74, 6) is 0.913. The molecule has 0 amide bonds. The van der Waals surface area contributed by atoms with Gasteiger partial charge in [0, 0.05) is 11.1 Å². The van der Waals surface area contributed by atoms with Crippen LogP contribution in [0.1, 0.15) is 27.2 Å². The highest BCUT2D eigenvalue weighted by Crippen LogP contribution is 2.14. The van der Waals surface area contributed by atoms with E-state index in [2.05, 4.69) is 26.0 Å². The van der Waals surface area contributed by atoms with Gasteiger partial charge in [-0.25, -0.2) is 0 Å². The summed E-state index contributed by atoms with van der Waals surface area (Å²) in [4.78, 5) is 0. The van der Waals surface area contributed by atoms with E-state index in [4.69, 9.17) is 23.2 Å². The Kier molecular flexibility index (Phi) is 8.02. The Morgan fingerprint density at radius 2 is 1.86 bits per heavy atom. The first-order chi connectivity index (χ1) is 6.61. The van der Waals surface area contributed by atoms with Gasteiger partial charge in [-0.15, -0.1) is 0 Å². The maximum Gasteiger partial charge on any atom is 0.00375 e. The Morgan fingerprint density at radius 3 is 2.36 bits per heavy atom.